The van der Waals surface area contributed by atoms with Gasteiger partial charge in [-0.15, -0.1) is 0 Å². The molecule has 2 N–H and O–H groups in total. The average Bonchev–Trinajstić information content (AvgIpc) is 2.57. The standard InChI is InChI=1S/C19H16ClFN4O/c1-11-6-7-13(20)8-16(11)25-19(26)17-10-18(23-12(2)22-17)24-15-5-3-4-14(21)9-15/h3-10H,1-2H3,(H,25,26)(H,22,23,24). The Morgan fingerprint density at radius 2 is 1.88 bits per heavy atom. The Hall–Kier alpha value is -2.99. The second kappa shape index (κ2) is 7.49. The number of hydrogen-bond acceptors (Lipinski definition) is 4. The van der Waals surface area contributed by atoms with Gasteiger partial charge >= 0.3 is 0 Å². The van der Waals surface area contributed by atoms with Gasteiger partial charge in [-0.3, -0.25) is 4.79 Å². The summed E-state index contributed by atoms with van der Waals surface area (Å²) in [5.74, 6) is 0.0637. The Labute approximate surface area is 155 Å². The van der Waals surface area contributed by atoms with Crippen molar-refractivity contribution in [2.45, 2.75) is 13.8 Å². The summed E-state index contributed by atoms with van der Waals surface area (Å²) in [6, 6.07) is 12.7. The lowest BCUT2D eigenvalue weighted by molar-refractivity contribution is 0.102. The third-order valence-corrected chi connectivity index (χ3v) is 3.85. The van der Waals surface area contributed by atoms with Crippen LogP contribution in [0.1, 0.15) is 21.9 Å². The summed E-state index contributed by atoms with van der Waals surface area (Å²) in [5, 5.41) is 6.29. The number of carbonyl (C=O) groups is 1. The molecular weight excluding hydrogens is 355 g/mol. The van der Waals surface area contributed by atoms with Crippen molar-refractivity contribution < 1.29 is 9.18 Å². The second-order valence-electron chi connectivity index (χ2n) is 5.73. The van der Waals surface area contributed by atoms with Crippen LogP contribution >= 0.6 is 11.6 Å². The monoisotopic (exact) mass is 370 g/mol. The highest BCUT2D eigenvalue weighted by Gasteiger charge is 2.13. The molecule has 0 aliphatic rings. The number of anilines is 3. The van der Waals surface area contributed by atoms with E-state index in [-0.39, 0.29) is 17.4 Å². The van der Waals surface area contributed by atoms with Gasteiger partial charge in [0.15, 0.2) is 0 Å². The van der Waals surface area contributed by atoms with Crippen molar-refractivity contribution in [2.75, 3.05) is 10.6 Å². The molecule has 26 heavy (non-hydrogen) atoms. The number of halogens is 2. The molecule has 5 nitrogen and oxygen atoms in total. The molecule has 0 fully saturated rings. The Balaban J connectivity index is 1.84. The number of amides is 1. The van der Waals surface area contributed by atoms with Crippen LogP contribution < -0.4 is 10.6 Å². The number of nitrogens with one attached hydrogen (secondary N) is 2. The molecular formula is C19H16ClFN4O. The van der Waals surface area contributed by atoms with Crippen LogP contribution in [0.4, 0.5) is 21.6 Å². The number of hydrogen-bond donors (Lipinski definition) is 2. The van der Waals surface area contributed by atoms with Gasteiger partial charge in [-0.1, -0.05) is 23.7 Å². The summed E-state index contributed by atoms with van der Waals surface area (Å²) in [4.78, 5) is 21.0. The number of rotatable bonds is 4. The van der Waals surface area contributed by atoms with E-state index in [9.17, 15) is 9.18 Å². The van der Waals surface area contributed by atoms with Crippen LogP contribution in [0.2, 0.25) is 5.02 Å². The van der Waals surface area contributed by atoms with Gasteiger partial charge in [0, 0.05) is 22.5 Å². The number of aromatic nitrogens is 2. The maximum atomic E-state index is 13.3. The van der Waals surface area contributed by atoms with Crippen LogP contribution in [0, 0.1) is 19.7 Å². The Bertz CT molecular complexity index is 978. The molecule has 0 spiro atoms. The minimum atomic E-state index is -0.386. The summed E-state index contributed by atoms with van der Waals surface area (Å²) in [5.41, 5.74) is 2.21. The van der Waals surface area contributed by atoms with Gasteiger partial charge in [0.05, 0.1) is 0 Å². The summed E-state index contributed by atoms with van der Waals surface area (Å²) in [6.45, 7) is 3.55. The Morgan fingerprint density at radius 3 is 2.65 bits per heavy atom. The van der Waals surface area contributed by atoms with E-state index >= 15 is 0 Å². The van der Waals surface area contributed by atoms with E-state index in [0.29, 0.717) is 28.0 Å². The van der Waals surface area contributed by atoms with Crippen molar-refractivity contribution in [3.63, 3.8) is 0 Å². The van der Waals surface area contributed by atoms with Gasteiger partial charge < -0.3 is 10.6 Å². The molecule has 7 heteroatoms. The van der Waals surface area contributed by atoms with E-state index in [1.54, 1.807) is 31.2 Å². The van der Waals surface area contributed by atoms with Gasteiger partial charge in [-0.2, -0.15) is 0 Å². The van der Waals surface area contributed by atoms with E-state index in [1.165, 1.54) is 18.2 Å². The zero-order valence-corrected chi connectivity index (χ0v) is 14.9. The molecule has 1 aromatic heterocycles. The molecule has 3 aromatic rings. The molecule has 0 unspecified atom stereocenters. The first-order chi connectivity index (χ1) is 12.4. The largest absolute Gasteiger partial charge is 0.340 e. The minimum absolute atomic E-state index is 0.191. The fourth-order valence-electron chi connectivity index (χ4n) is 2.38. The van der Waals surface area contributed by atoms with E-state index in [0.717, 1.165) is 5.56 Å². The first kappa shape index (κ1) is 17.8. The zero-order chi connectivity index (χ0) is 18.7. The molecule has 0 atom stereocenters. The number of carbonyl (C=O) groups excluding carboxylic acids is 1. The number of benzene rings is 2. The lowest BCUT2D eigenvalue weighted by Crippen LogP contribution is -2.16. The fraction of sp³-hybridized carbons (Fsp3) is 0.105. The molecule has 0 saturated carbocycles. The predicted octanol–water partition coefficient (Wildman–Crippen LogP) is 4.88. The van der Waals surface area contributed by atoms with Crippen molar-refractivity contribution in [1.82, 2.24) is 9.97 Å². The molecule has 0 radical (unpaired) electrons. The molecule has 0 saturated heterocycles. The zero-order valence-electron chi connectivity index (χ0n) is 14.2. The average molecular weight is 371 g/mol. The number of aryl methyl sites for hydroxylation is 2. The highest BCUT2D eigenvalue weighted by atomic mass is 35.5. The van der Waals surface area contributed by atoms with Gasteiger partial charge in [0.2, 0.25) is 0 Å². The normalized spacial score (nSPS) is 10.5. The van der Waals surface area contributed by atoms with Crippen molar-refractivity contribution >= 4 is 34.7 Å². The van der Waals surface area contributed by atoms with Crippen LogP contribution in [0.25, 0.3) is 0 Å². The summed E-state index contributed by atoms with van der Waals surface area (Å²) in [7, 11) is 0. The Morgan fingerprint density at radius 1 is 1.08 bits per heavy atom. The van der Waals surface area contributed by atoms with E-state index in [2.05, 4.69) is 20.6 Å². The molecule has 1 amide bonds. The third kappa shape index (κ3) is 4.34. The predicted molar refractivity (Wildman–Crippen MR) is 101 cm³/mol. The highest BCUT2D eigenvalue weighted by Crippen LogP contribution is 2.21. The molecule has 0 aliphatic carbocycles. The summed E-state index contributed by atoms with van der Waals surface area (Å²) < 4.78 is 13.3. The first-order valence-electron chi connectivity index (χ1n) is 7.86. The molecule has 1 heterocycles. The number of nitrogens with zero attached hydrogens (tertiary/aromatic N) is 2. The molecule has 2 aromatic carbocycles. The van der Waals surface area contributed by atoms with Gasteiger partial charge in [0.25, 0.3) is 5.91 Å². The van der Waals surface area contributed by atoms with Crippen LogP contribution in [-0.2, 0) is 0 Å². The molecule has 0 aliphatic heterocycles. The SMILES string of the molecule is Cc1nc(Nc2cccc(F)c2)cc(C(=O)Nc2cc(Cl)ccc2C)n1. The van der Waals surface area contributed by atoms with E-state index in [1.807, 2.05) is 13.0 Å². The highest BCUT2D eigenvalue weighted by molar-refractivity contribution is 6.31. The minimum Gasteiger partial charge on any atom is -0.340 e. The van der Waals surface area contributed by atoms with E-state index < -0.39 is 0 Å². The topological polar surface area (TPSA) is 66.9 Å². The van der Waals surface area contributed by atoms with E-state index in [4.69, 9.17) is 11.6 Å². The molecule has 0 bridgehead atoms. The lowest BCUT2D eigenvalue weighted by Gasteiger charge is -2.11. The van der Waals surface area contributed by atoms with Gasteiger partial charge in [-0.05, 0) is 49.7 Å². The smallest absolute Gasteiger partial charge is 0.274 e. The fourth-order valence-corrected chi connectivity index (χ4v) is 2.55. The third-order valence-electron chi connectivity index (χ3n) is 3.62. The quantitative estimate of drug-likeness (QED) is 0.686. The van der Waals surface area contributed by atoms with Crippen molar-refractivity contribution in [2.24, 2.45) is 0 Å². The van der Waals surface area contributed by atoms with Crippen LogP contribution in [0.3, 0.4) is 0 Å². The first-order valence-corrected chi connectivity index (χ1v) is 8.24. The van der Waals surface area contributed by atoms with Crippen LogP contribution in [-0.4, -0.2) is 15.9 Å². The maximum absolute atomic E-state index is 13.3. The van der Waals surface area contributed by atoms with Crippen LogP contribution in [0.5, 0.6) is 0 Å². The second-order valence-corrected chi connectivity index (χ2v) is 6.17. The Kier molecular flexibility index (Phi) is 5.14. The maximum Gasteiger partial charge on any atom is 0.274 e. The van der Waals surface area contributed by atoms with Crippen LogP contribution in [0.15, 0.2) is 48.5 Å². The summed E-state index contributed by atoms with van der Waals surface area (Å²) >= 11 is 5.98. The van der Waals surface area contributed by atoms with Gasteiger partial charge in [0.1, 0.15) is 23.2 Å². The van der Waals surface area contributed by atoms with Crippen molar-refractivity contribution in [1.29, 1.82) is 0 Å². The van der Waals surface area contributed by atoms with Gasteiger partial charge in [-0.25, -0.2) is 14.4 Å². The van der Waals surface area contributed by atoms with Crippen molar-refractivity contribution in [3.05, 3.63) is 76.5 Å². The molecule has 132 valence electrons. The van der Waals surface area contributed by atoms with Crippen molar-refractivity contribution in [3.8, 4) is 0 Å². The summed E-state index contributed by atoms with van der Waals surface area (Å²) in [6.07, 6.45) is 0. The lowest BCUT2D eigenvalue weighted by atomic mass is 10.2. The molecule has 3 rings (SSSR count).